The molecule has 0 unspecified atom stereocenters. The van der Waals surface area contributed by atoms with Gasteiger partial charge in [-0.05, 0) is 44.4 Å². The topological polar surface area (TPSA) is 110 Å². The normalized spacial score (nSPS) is 12.4. The van der Waals surface area contributed by atoms with Crippen LogP contribution >= 0.6 is 11.6 Å². The average Bonchev–Trinajstić information content (AvgIpc) is 2.79. The second-order valence-corrected chi connectivity index (χ2v) is 7.04. The zero-order valence-corrected chi connectivity index (χ0v) is 17.3. The van der Waals surface area contributed by atoms with E-state index in [0.717, 1.165) is 23.6 Å². The second-order valence-electron chi connectivity index (χ2n) is 6.60. The van der Waals surface area contributed by atoms with E-state index in [1.54, 1.807) is 0 Å². The first-order valence-electron chi connectivity index (χ1n) is 8.95. The summed E-state index contributed by atoms with van der Waals surface area (Å²) in [5, 5.41) is 19.6. The number of carbonyl (C=O) groups is 3. The third kappa shape index (κ3) is 6.33. The van der Waals surface area contributed by atoms with Crippen LogP contribution in [0.25, 0.3) is 0 Å². The molecule has 0 saturated heterocycles. The summed E-state index contributed by atoms with van der Waals surface area (Å²) in [6.45, 7) is 1.41. The molecule has 158 valence electrons. The maximum absolute atomic E-state index is 12.9. The standard InChI is InChI=1S/C17H18ClN3O.C4H4O4/c1-20(2)9-10-21-16-8-7-12(18)11-15(16)19-14-6-4-3-5-13(14)17(21)22;5-3(6)1-2-4(7)8/h3-8,11,19H,9-10H2,1-2H3;1-2H,(H,5,6)(H,7,8)/b;2-1-. The van der Waals surface area contributed by atoms with E-state index in [1.807, 2.05) is 61.5 Å². The lowest BCUT2D eigenvalue weighted by atomic mass is 10.1. The van der Waals surface area contributed by atoms with E-state index >= 15 is 0 Å². The molecule has 1 amide bonds. The van der Waals surface area contributed by atoms with Crippen LogP contribution in [0.3, 0.4) is 0 Å². The molecule has 3 N–H and O–H groups in total. The minimum Gasteiger partial charge on any atom is -0.478 e. The molecule has 30 heavy (non-hydrogen) atoms. The van der Waals surface area contributed by atoms with Crippen LogP contribution in [0.15, 0.2) is 54.6 Å². The Balaban J connectivity index is 0.000000343. The Labute approximate surface area is 179 Å². The number of likely N-dealkylation sites (N-methyl/N-ethyl adjacent to an activating group) is 1. The first-order valence-corrected chi connectivity index (χ1v) is 9.33. The maximum Gasteiger partial charge on any atom is 0.328 e. The highest BCUT2D eigenvalue weighted by atomic mass is 35.5. The van der Waals surface area contributed by atoms with Crippen molar-refractivity contribution in [2.75, 3.05) is 37.4 Å². The molecule has 1 heterocycles. The Bertz CT molecular complexity index is 959. The quantitative estimate of drug-likeness (QED) is 0.623. The van der Waals surface area contributed by atoms with Gasteiger partial charge < -0.3 is 25.3 Å². The fourth-order valence-electron chi connectivity index (χ4n) is 2.69. The van der Waals surface area contributed by atoms with Crippen LogP contribution in [0.1, 0.15) is 10.4 Å². The van der Waals surface area contributed by atoms with Crippen LogP contribution in [0, 0.1) is 0 Å². The number of amides is 1. The van der Waals surface area contributed by atoms with Gasteiger partial charge in [0.25, 0.3) is 5.91 Å². The number of carboxylic acid groups (broad SMARTS) is 2. The van der Waals surface area contributed by atoms with Gasteiger partial charge in [-0.25, -0.2) is 9.59 Å². The smallest absolute Gasteiger partial charge is 0.328 e. The first-order chi connectivity index (χ1) is 14.2. The van der Waals surface area contributed by atoms with Crippen LogP contribution in [0.4, 0.5) is 17.1 Å². The number of hydrogen-bond acceptors (Lipinski definition) is 5. The molecule has 1 aliphatic heterocycles. The Morgan fingerprint density at radius 3 is 2.30 bits per heavy atom. The van der Waals surface area contributed by atoms with Crippen molar-refractivity contribution in [1.82, 2.24) is 4.90 Å². The van der Waals surface area contributed by atoms with Gasteiger partial charge in [-0.1, -0.05) is 23.7 Å². The molecule has 9 heteroatoms. The zero-order chi connectivity index (χ0) is 22.3. The SMILES string of the molecule is CN(C)CCN1C(=O)c2ccccc2Nc2cc(Cl)ccc21.O=C(O)/C=C\C(=O)O. The monoisotopic (exact) mass is 431 g/mol. The van der Waals surface area contributed by atoms with Crippen molar-refractivity contribution >= 4 is 46.5 Å². The molecule has 0 aliphatic carbocycles. The Hall–Kier alpha value is -3.36. The summed E-state index contributed by atoms with van der Waals surface area (Å²) in [6.07, 6.45) is 1.12. The molecule has 0 atom stereocenters. The number of anilines is 3. The molecule has 2 aromatic carbocycles. The molecule has 0 aromatic heterocycles. The van der Waals surface area contributed by atoms with Crippen molar-refractivity contribution in [3.8, 4) is 0 Å². The molecule has 0 radical (unpaired) electrons. The minimum atomic E-state index is -1.26. The van der Waals surface area contributed by atoms with E-state index in [9.17, 15) is 14.4 Å². The predicted octanol–water partition coefficient (Wildman–Crippen LogP) is 3.32. The van der Waals surface area contributed by atoms with Crippen LogP contribution in [0.5, 0.6) is 0 Å². The summed E-state index contributed by atoms with van der Waals surface area (Å²) >= 11 is 6.12. The van der Waals surface area contributed by atoms with Gasteiger partial charge in [-0.15, -0.1) is 0 Å². The molecule has 3 rings (SSSR count). The lowest BCUT2D eigenvalue weighted by Crippen LogP contribution is -2.36. The summed E-state index contributed by atoms with van der Waals surface area (Å²) < 4.78 is 0. The Kier molecular flexibility index (Phi) is 7.97. The van der Waals surface area contributed by atoms with Gasteiger partial charge in [0, 0.05) is 30.3 Å². The van der Waals surface area contributed by atoms with Gasteiger partial charge >= 0.3 is 11.9 Å². The fourth-order valence-corrected chi connectivity index (χ4v) is 2.86. The number of carboxylic acids is 2. The lowest BCUT2D eigenvalue weighted by Gasteiger charge is -2.24. The largest absolute Gasteiger partial charge is 0.478 e. The molecule has 1 aliphatic rings. The van der Waals surface area contributed by atoms with Crippen LogP contribution in [0.2, 0.25) is 5.02 Å². The van der Waals surface area contributed by atoms with Gasteiger partial charge in [-0.2, -0.15) is 0 Å². The minimum absolute atomic E-state index is 0.00558. The first kappa shape index (κ1) is 22.9. The van der Waals surface area contributed by atoms with Gasteiger partial charge in [0.15, 0.2) is 0 Å². The average molecular weight is 432 g/mol. The Morgan fingerprint density at radius 2 is 1.70 bits per heavy atom. The third-order valence-corrected chi connectivity index (χ3v) is 4.30. The Morgan fingerprint density at radius 1 is 1.07 bits per heavy atom. The number of nitrogens with zero attached hydrogens (tertiary/aromatic N) is 2. The van der Waals surface area contributed by atoms with Crippen molar-refractivity contribution in [3.05, 3.63) is 65.2 Å². The summed E-state index contributed by atoms with van der Waals surface area (Å²) in [6, 6.07) is 13.1. The number of carbonyl (C=O) groups excluding carboxylic acids is 1. The predicted molar refractivity (Wildman–Crippen MR) is 116 cm³/mol. The highest BCUT2D eigenvalue weighted by Gasteiger charge is 2.26. The summed E-state index contributed by atoms with van der Waals surface area (Å²) in [5.74, 6) is -2.51. The summed E-state index contributed by atoms with van der Waals surface area (Å²) in [5.41, 5.74) is 3.19. The summed E-state index contributed by atoms with van der Waals surface area (Å²) in [7, 11) is 3.99. The number of halogens is 1. The van der Waals surface area contributed by atoms with Gasteiger partial charge in [0.05, 0.1) is 22.6 Å². The van der Waals surface area contributed by atoms with Gasteiger partial charge in [0.2, 0.25) is 0 Å². The molecule has 8 nitrogen and oxygen atoms in total. The summed E-state index contributed by atoms with van der Waals surface area (Å²) in [4.78, 5) is 35.9. The highest BCUT2D eigenvalue weighted by molar-refractivity contribution is 6.31. The van der Waals surface area contributed by atoms with Crippen molar-refractivity contribution < 1.29 is 24.6 Å². The van der Waals surface area contributed by atoms with Crippen LogP contribution in [-0.4, -0.2) is 60.1 Å². The number of hydrogen-bond donors (Lipinski definition) is 3. The fraction of sp³-hybridized carbons (Fsp3) is 0.190. The third-order valence-electron chi connectivity index (χ3n) is 4.06. The highest BCUT2D eigenvalue weighted by Crippen LogP contribution is 2.37. The van der Waals surface area contributed by atoms with Crippen molar-refractivity contribution in [3.63, 3.8) is 0 Å². The van der Waals surface area contributed by atoms with E-state index in [1.165, 1.54) is 0 Å². The number of para-hydroxylation sites is 1. The van der Waals surface area contributed by atoms with E-state index in [4.69, 9.17) is 21.8 Å². The molecule has 0 fully saturated rings. The molecule has 2 aromatic rings. The number of rotatable bonds is 5. The number of benzene rings is 2. The lowest BCUT2D eigenvalue weighted by molar-refractivity contribution is -0.134. The van der Waals surface area contributed by atoms with E-state index in [2.05, 4.69) is 10.2 Å². The number of aliphatic carboxylic acids is 2. The number of fused-ring (bicyclic) bond motifs is 2. The van der Waals surface area contributed by atoms with E-state index < -0.39 is 11.9 Å². The van der Waals surface area contributed by atoms with E-state index in [0.29, 0.717) is 29.3 Å². The molecular weight excluding hydrogens is 410 g/mol. The molecule has 0 bridgehead atoms. The van der Waals surface area contributed by atoms with E-state index in [-0.39, 0.29) is 5.91 Å². The molecular formula is C21H22ClN3O5. The van der Waals surface area contributed by atoms with Crippen LogP contribution < -0.4 is 10.2 Å². The van der Waals surface area contributed by atoms with Crippen molar-refractivity contribution in [2.24, 2.45) is 0 Å². The maximum atomic E-state index is 12.9. The van der Waals surface area contributed by atoms with Crippen molar-refractivity contribution in [1.29, 1.82) is 0 Å². The van der Waals surface area contributed by atoms with Gasteiger partial charge in [-0.3, -0.25) is 4.79 Å². The van der Waals surface area contributed by atoms with Gasteiger partial charge in [0.1, 0.15) is 0 Å². The second kappa shape index (κ2) is 10.4. The zero-order valence-electron chi connectivity index (χ0n) is 16.5. The van der Waals surface area contributed by atoms with Crippen molar-refractivity contribution in [2.45, 2.75) is 0 Å². The molecule has 0 spiro atoms. The van der Waals surface area contributed by atoms with Crippen LogP contribution in [-0.2, 0) is 9.59 Å². The molecule has 0 saturated carbocycles. The number of nitrogens with one attached hydrogen (secondary N) is 1.